The summed E-state index contributed by atoms with van der Waals surface area (Å²) in [6.45, 7) is 1.04. The van der Waals surface area contributed by atoms with Crippen LogP contribution in [-0.2, 0) is 22.6 Å². The number of nitrogens with zero attached hydrogens (tertiary/aromatic N) is 2. The molecule has 7 nitrogen and oxygen atoms in total. The van der Waals surface area contributed by atoms with Crippen LogP contribution in [0.2, 0.25) is 5.02 Å². The number of amides is 1. The number of benzene rings is 2. The first-order chi connectivity index (χ1) is 14.5. The number of nitrogens with one attached hydrogen (secondary N) is 1. The highest BCUT2D eigenvalue weighted by Gasteiger charge is 2.18. The molecule has 0 bridgehead atoms. The van der Waals surface area contributed by atoms with Crippen molar-refractivity contribution in [3.63, 3.8) is 0 Å². The van der Waals surface area contributed by atoms with Crippen LogP contribution in [0.5, 0.6) is 0 Å². The second-order valence-electron chi connectivity index (χ2n) is 7.34. The molecule has 1 saturated heterocycles. The molecule has 1 aliphatic rings. The van der Waals surface area contributed by atoms with E-state index in [-0.39, 0.29) is 30.7 Å². The Bertz CT molecular complexity index is 1180. The summed E-state index contributed by atoms with van der Waals surface area (Å²) in [5.74, 6) is -0.297. The van der Waals surface area contributed by atoms with Gasteiger partial charge >= 0.3 is 5.69 Å². The van der Waals surface area contributed by atoms with Crippen LogP contribution in [0, 0.1) is 0 Å². The Morgan fingerprint density at radius 1 is 1.10 bits per heavy atom. The van der Waals surface area contributed by atoms with Crippen LogP contribution in [-0.4, -0.2) is 34.3 Å². The molecule has 1 fully saturated rings. The van der Waals surface area contributed by atoms with E-state index in [0.717, 1.165) is 23.0 Å². The monoisotopic (exact) mass is 427 g/mol. The van der Waals surface area contributed by atoms with E-state index in [1.165, 1.54) is 4.57 Å². The smallest absolute Gasteiger partial charge is 0.332 e. The molecule has 156 valence electrons. The minimum Gasteiger partial charge on any atom is -0.376 e. The largest absolute Gasteiger partial charge is 0.376 e. The maximum absolute atomic E-state index is 13.2. The Kier molecular flexibility index (Phi) is 6.01. The van der Waals surface area contributed by atoms with Crippen molar-refractivity contribution in [3.8, 4) is 0 Å². The first-order valence-corrected chi connectivity index (χ1v) is 10.3. The van der Waals surface area contributed by atoms with Crippen LogP contribution in [0.4, 0.5) is 0 Å². The van der Waals surface area contributed by atoms with Gasteiger partial charge in [-0.25, -0.2) is 4.79 Å². The maximum atomic E-state index is 13.2. The zero-order valence-corrected chi connectivity index (χ0v) is 17.1. The molecule has 1 atom stereocenters. The predicted octanol–water partition coefficient (Wildman–Crippen LogP) is 2.16. The third-order valence-corrected chi connectivity index (χ3v) is 5.49. The number of para-hydroxylation sites is 1. The van der Waals surface area contributed by atoms with Crippen LogP contribution in [0.3, 0.4) is 0 Å². The van der Waals surface area contributed by atoms with Crippen molar-refractivity contribution in [1.29, 1.82) is 0 Å². The van der Waals surface area contributed by atoms with Crippen LogP contribution in [0.25, 0.3) is 10.9 Å². The highest BCUT2D eigenvalue weighted by atomic mass is 35.5. The lowest BCUT2D eigenvalue weighted by atomic mass is 10.2. The van der Waals surface area contributed by atoms with E-state index in [1.807, 2.05) is 0 Å². The third kappa shape index (κ3) is 4.32. The van der Waals surface area contributed by atoms with Gasteiger partial charge in [0.05, 0.1) is 23.6 Å². The molecule has 2 heterocycles. The molecule has 0 saturated carbocycles. The molecule has 1 unspecified atom stereocenters. The maximum Gasteiger partial charge on any atom is 0.332 e. The normalized spacial score (nSPS) is 16.1. The van der Waals surface area contributed by atoms with Gasteiger partial charge in [-0.2, -0.15) is 0 Å². The molecule has 0 radical (unpaired) electrons. The molecule has 1 amide bonds. The molecule has 0 aliphatic carbocycles. The first-order valence-electron chi connectivity index (χ1n) is 9.88. The van der Waals surface area contributed by atoms with Gasteiger partial charge in [-0.3, -0.25) is 18.7 Å². The molecular formula is C22H22ClN3O4. The fraction of sp³-hybridized carbons (Fsp3) is 0.318. The Labute approximate surface area is 177 Å². The van der Waals surface area contributed by atoms with Crippen LogP contribution >= 0.6 is 11.6 Å². The van der Waals surface area contributed by atoms with Crippen molar-refractivity contribution in [2.24, 2.45) is 0 Å². The number of carbonyl (C=O) groups excluding carboxylic acids is 1. The molecule has 3 aromatic rings. The van der Waals surface area contributed by atoms with E-state index in [4.69, 9.17) is 16.3 Å². The van der Waals surface area contributed by atoms with Crippen molar-refractivity contribution in [2.75, 3.05) is 13.2 Å². The van der Waals surface area contributed by atoms with Gasteiger partial charge in [0.2, 0.25) is 5.91 Å². The van der Waals surface area contributed by atoms with Crippen molar-refractivity contribution in [1.82, 2.24) is 14.5 Å². The quantitative estimate of drug-likeness (QED) is 0.653. The van der Waals surface area contributed by atoms with Gasteiger partial charge in [-0.05, 0) is 42.7 Å². The van der Waals surface area contributed by atoms with Crippen molar-refractivity contribution < 1.29 is 9.53 Å². The average Bonchev–Trinajstić information content (AvgIpc) is 3.28. The summed E-state index contributed by atoms with van der Waals surface area (Å²) in [5.41, 5.74) is 0.290. The summed E-state index contributed by atoms with van der Waals surface area (Å²) >= 11 is 5.93. The average molecular weight is 428 g/mol. The lowest BCUT2D eigenvalue weighted by Crippen LogP contribution is -2.43. The Balaban J connectivity index is 1.67. The van der Waals surface area contributed by atoms with Crippen molar-refractivity contribution in [2.45, 2.75) is 32.0 Å². The fourth-order valence-corrected chi connectivity index (χ4v) is 3.79. The lowest BCUT2D eigenvalue weighted by Gasteiger charge is -2.15. The number of aromatic nitrogens is 2. The molecule has 1 aliphatic heterocycles. The van der Waals surface area contributed by atoms with Gasteiger partial charge < -0.3 is 10.1 Å². The Hall–Kier alpha value is -2.90. The number of hydrogen-bond donors (Lipinski definition) is 1. The topological polar surface area (TPSA) is 82.3 Å². The molecule has 1 N–H and O–H groups in total. The van der Waals surface area contributed by atoms with Gasteiger partial charge in [-0.15, -0.1) is 0 Å². The van der Waals surface area contributed by atoms with E-state index < -0.39 is 5.69 Å². The van der Waals surface area contributed by atoms with Gasteiger partial charge in [-0.1, -0.05) is 35.9 Å². The Morgan fingerprint density at radius 2 is 1.87 bits per heavy atom. The highest BCUT2D eigenvalue weighted by molar-refractivity contribution is 6.30. The molecular weight excluding hydrogens is 406 g/mol. The number of halogens is 1. The van der Waals surface area contributed by atoms with E-state index in [9.17, 15) is 14.4 Å². The Morgan fingerprint density at radius 3 is 2.60 bits per heavy atom. The molecule has 0 spiro atoms. The van der Waals surface area contributed by atoms with Gasteiger partial charge in [0, 0.05) is 18.2 Å². The third-order valence-electron chi connectivity index (χ3n) is 5.24. The van der Waals surface area contributed by atoms with Crippen molar-refractivity contribution in [3.05, 3.63) is 80.0 Å². The van der Waals surface area contributed by atoms with Crippen LogP contribution in [0.15, 0.2) is 58.1 Å². The van der Waals surface area contributed by atoms with E-state index in [0.29, 0.717) is 29.1 Å². The first kappa shape index (κ1) is 20.4. The standard InChI is InChI=1S/C22H22ClN3O4/c23-16-9-7-15(8-10-16)13-26-21(28)18-5-1-2-6-19(18)25(22(26)29)14-20(27)24-12-17-4-3-11-30-17/h1-2,5-10,17H,3-4,11-14H2,(H,24,27). The van der Waals surface area contributed by atoms with E-state index in [2.05, 4.69) is 5.32 Å². The summed E-state index contributed by atoms with van der Waals surface area (Å²) in [6.07, 6.45) is 1.91. The predicted molar refractivity (Wildman–Crippen MR) is 115 cm³/mol. The fourth-order valence-electron chi connectivity index (χ4n) is 3.67. The summed E-state index contributed by atoms with van der Waals surface area (Å²) in [5, 5.41) is 3.79. The summed E-state index contributed by atoms with van der Waals surface area (Å²) < 4.78 is 8.02. The van der Waals surface area contributed by atoms with Gasteiger partial charge in [0.25, 0.3) is 5.56 Å². The molecule has 1 aromatic heterocycles. The van der Waals surface area contributed by atoms with Gasteiger partial charge in [0.1, 0.15) is 6.54 Å². The molecule has 30 heavy (non-hydrogen) atoms. The summed E-state index contributed by atoms with van der Waals surface area (Å²) in [7, 11) is 0. The highest BCUT2D eigenvalue weighted by Crippen LogP contribution is 2.12. The van der Waals surface area contributed by atoms with Crippen LogP contribution < -0.4 is 16.6 Å². The number of rotatable bonds is 6. The molecule has 2 aromatic carbocycles. The second kappa shape index (κ2) is 8.85. The molecule has 4 rings (SSSR count). The second-order valence-corrected chi connectivity index (χ2v) is 7.78. The minimum absolute atomic E-state index is 0.0151. The zero-order valence-electron chi connectivity index (χ0n) is 16.3. The van der Waals surface area contributed by atoms with Crippen LogP contribution in [0.1, 0.15) is 18.4 Å². The van der Waals surface area contributed by atoms with E-state index in [1.54, 1.807) is 48.5 Å². The van der Waals surface area contributed by atoms with Gasteiger partial charge in [0.15, 0.2) is 0 Å². The van der Waals surface area contributed by atoms with E-state index >= 15 is 0 Å². The summed E-state index contributed by atoms with van der Waals surface area (Å²) in [6, 6.07) is 13.8. The number of carbonyl (C=O) groups is 1. The number of hydrogen-bond acceptors (Lipinski definition) is 4. The van der Waals surface area contributed by atoms with Crippen molar-refractivity contribution >= 4 is 28.4 Å². The number of ether oxygens (including phenoxy) is 1. The SMILES string of the molecule is O=C(Cn1c(=O)n(Cc2ccc(Cl)cc2)c(=O)c2ccccc21)NCC1CCCO1. The minimum atomic E-state index is -0.527. The summed E-state index contributed by atoms with van der Waals surface area (Å²) in [4.78, 5) is 38.7. The zero-order chi connectivity index (χ0) is 21.1. The lowest BCUT2D eigenvalue weighted by molar-refractivity contribution is -0.122. The molecule has 8 heteroatoms. The number of fused-ring (bicyclic) bond motifs is 1.